The van der Waals surface area contributed by atoms with Gasteiger partial charge in [0, 0.05) is 33.5 Å². The van der Waals surface area contributed by atoms with E-state index in [1.54, 1.807) is 37.3 Å². The molecule has 198 valence electrons. The smallest absolute Gasteiger partial charge is 0.302 e. The lowest BCUT2D eigenvalue weighted by molar-refractivity contribution is -0.113. The normalized spacial score (nSPS) is 15.9. The third-order valence-corrected chi connectivity index (χ3v) is 7.01. The molecule has 9 heteroatoms. The number of hydrogen-bond acceptors (Lipinski definition) is 7. The van der Waals surface area contributed by atoms with Crippen molar-refractivity contribution in [1.82, 2.24) is 10.3 Å². The molecule has 5 rings (SSSR count). The molecule has 3 aromatic carbocycles. The summed E-state index contributed by atoms with van der Waals surface area (Å²) >= 11 is 6.56. The monoisotopic (exact) mass is 541 g/mol. The fraction of sp³-hybridized carbons (Fsp3) is 0.200. The van der Waals surface area contributed by atoms with Crippen LogP contribution in [0.25, 0.3) is 11.1 Å². The summed E-state index contributed by atoms with van der Waals surface area (Å²) < 4.78 is 5.79. The third kappa shape index (κ3) is 5.56. The van der Waals surface area contributed by atoms with E-state index in [4.69, 9.17) is 21.0 Å². The predicted molar refractivity (Wildman–Crippen MR) is 154 cm³/mol. The molecule has 1 aromatic heterocycles. The molecule has 4 aromatic rings. The van der Waals surface area contributed by atoms with Gasteiger partial charge in [0.2, 0.25) is 5.96 Å². The molecular weight excluding hydrogens is 514 g/mol. The van der Waals surface area contributed by atoms with Gasteiger partial charge in [-0.2, -0.15) is 4.98 Å². The number of oxazole rings is 1. The van der Waals surface area contributed by atoms with Crippen LogP contribution >= 0.6 is 11.6 Å². The van der Waals surface area contributed by atoms with E-state index in [0.29, 0.717) is 50.2 Å². The van der Waals surface area contributed by atoms with Crippen LogP contribution in [0.15, 0.2) is 93.5 Å². The minimum atomic E-state index is -0.711. The van der Waals surface area contributed by atoms with Crippen molar-refractivity contribution in [2.45, 2.75) is 33.2 Å². The molecule has 2 atom stereocenters. The molecule has 2 heterocycles. The Hall–Kier alpha value is -4.43. The summed E-state index contributed by atoms with van der Waals surface area (Å²) in [7, 11) is 0. The molecular formula is C30H28ClN5O3. The lowest BCUT2D eigenvalue weighted by Crippen LogP contribution is -2.37. The lowest BCUT2D eigenvalue weighted by Gasteiger charge is -2.27. The van der Waals surface area contributed by atoms with Crippen LogP contribution < -0.4 is 16.0 Å². The quantitative estimate of drug-likeness (QED) is 0.224. The molecule has 3 N–H and O–H groups in total. The van der Waals surface area contributed by atoms with Crippen LogP contribution in [-0.4, -0.2) is 22.6 Å². The van der Waals surface area contributed by atoms with E-state index in [0.717, 1.165) is 6.42 Å². The van der Waals surface area contributed by atoms with Gasteiger partial charge in [0.05, 0.1) is 5.57 Å². The number of allylic oxidation sites excluding steroid dienone is 1. The summed E-state index contributed by atoms with van der Waals surface area (Å²) in [6.45, 7) is 5.67. The summed E-state index contributed by atoms with van der Waals surface area (Å²) in [4.78, 5) is 35.6. The van der Waals surface area contributed by atoms with Crippen LogP contribution in [-0.2, 0) is 4.79 Å². The van der Waals surface area contributed by atoms with Gasteiger partial charge >= 0.3 is 6.01 Å². The SMILES string of the molecule is CCC(C)C(=O)c1cccc(NC(=O)C2=C(C)NC(Nc3nc4ccccc4o3)=NC2c2ccccc2Cl)c1. The van der Waals surface area contributed by atoms with Gasteiger partial charge in [0.25, 0.3) is 5.91 Å². The number of nitrogens with zero attached hydrogens (tertiary/aromatic N) is 2. The molecule has 0 saturated heterocycles. The van der Waals surface area contributed by atoms with Gasteiger partial charge in [0.1, 0.15) is 11.6 Å². The van der Waals surface area contributed by atoms with Crippen LogP contribution in [0.5, 0.6) is 0 Å². The Morgan fingerprint density at radius 1 is 1.08 bits per heavy atom. The Morgan fingerprint density at radius 3 is 2.62 bits per heavy atom. The van der Waals surface area contributed by atoms with E-state index in [1.807, 2.05) is 56.3 Å². The maximum absolute atomic E-state index is 13.7. The first-order valence-electron chi connectivity index (χ1n) is 12.7. The van der Waals surface area contributed by atoms with Gasteiger partial charge in [-0.1, -0.05) is 67.9 Å². The van der Waals surface area contributed by atoms with Crippen molar-refractivity contribution in [2.75, 3.05) is 10.6 Å². The van der Waals surface area contributed by atoms with Gasteiger partial charge in [-0.3, -0.25) is 14.9 Å². The average molecular weight is 542 g/mol. The molecule has 0 spiro atoms. The second-order valence-corrected chi connectivity index (χ2v) is 9.79. The zero-order valence-electron chi connectivity index (χ0n) is 21.8. The predicted octanol–water partition coefficient (Wildman–Crippen LogP) is 6.74. The van der Waals surface area contributed by atoms with Gasteiger partial charge in [-0.15, -0.1) is 0 Å². The molecule has 0 bridgehead atoms. The largest absolute Gasteiger partial charge is 0.423 e. The molecule has 1 amide bonds. The maximum Gasteiger partial charge on any atom is 0.302 e. The number of carbonyl (C=O) groups excluding carboxylic acids is 2. The number of halogens is 1. The van der Waals surface area contributed by atoms with Crippen LogP contribution in [0.3, 0.4) is 0 Å². The zero-order valence-corrected chi connectivity index (χ0v) is 22.5. The number of fused-ring (bicyclic) bond motifs is 1. The molecule has 1 aliphatic heterocycles. The number of ketones is 1. The third-order valence-electron chi connectivity index (χ3n) is 6.67. The Morgan fingerprint density at radius 2 is 1.85 bits per heavy atom. The van der Waals surface area contributed by atoms with Gasteiger partial charge in [-0.25, -0.2) is 4.99 Å². The summed E-state index contributed by atoms with van der Waals surface area (Å²) in [5.74, 6) is -0.0595. The van der Waals surface area contributed by atoms with Crippen molar-refractivity contribution >= 4 is 52.1 Å². The fourth-order valence-electron chi connectivity index (χ4n) is 4.40. The first-order chi connectivity index (χ1) is 18.8. The summed E-state index contributed by atoms with van der Waals surface area (Å²) in [5.41, 5.74) is 4.07. The number of para-hydroxylation sites is 2. The second kappa shape index (κ2) is 11.1. The standard InChI is InChI=1S/C30H28ClN5O3/c1-4-17(2)27(37)19-10-9-11-20(16-19)33-28(38)25-18(3)32-29(35-26(25)21-12-5-6-13-22(21)31)36-30-34-23-14-7-8-15-24(23)39-30/h5-17,26H,4H2,1-3H3,(H,33,38)(H2,32,34,35,36). The number of anilines is 2. The average Bonchev–Trinajstić information content (AvgIpc) is 3.34. The first-order valence-corrected chi connectivity index (χ1v) is 13.1. The highest BCUT2D eigenvalue weighted by atomic mass is 35.5. The van der Waals surface area contributed by atoms with E-state index in [-0.39, 0.29) is 23.6 Å². The number of nitrogens with one attached hydrogen (secondary N) is 3. The Labute approximate surface area is 231 Å². The molecule has 0 radical (unpaired) electrons. The van der Waals surface area contributed by atoms with E-state index in [2.05, 4.69) is 20.9 Å². The highest BCUT2D eigenvalue weighted by Crippen LogP contribution is 2.35. The molecule has 39 heavy (non-hydrogen) atoms. The van der Waals surface area contributed by atoms with Crippen LogP contribution in [0.1, 0.15) is 49.2 Å². The fourth-order valence-corrected chi connectivity index (χ4v) is 4.64. The number of aliphatic imine (C=N–C) groups is 1. The van der Waals surface area contributed by atoms with E-state index in [9.17, 15) is 9.59 Å². The van der Waals surface area contributed by atoms with Crippen molar-refractivity contribution in [3.8, 4) is 0 Å². The topological polar surface area (TPSA) is 109 Å². The number of aromatic nitrogens is 1. The van der Waals surface area contributed by atoms with E-state index < -0.39 is 6.04 Å². The molecule has 0 aliphatic carbocycles. The highest BCUT2D eigenvalue weighted by Gasteiger charge is 2.31. The second-order valence-electron chi connectivity index (χ2n) is 9.39. The van der Waals surface area contributed by atoms with E-state index in [1.165, 1.54) is 0 Å². The van der Waals surface area contributed by atoms with Crippen molar-refractivity contribution in [2.24, 2.45) is 10.9 Å². The maximum atomic E-state index is 13.7. The van der Waals surface area contributed by atoms with Crippen LogP contribution in [0, 0.1) is 5.92 Å². The number of Topliss-reactive ketones (excluding diaryl/α,β-unsaturated/α-hetero) is 1. The first kappa shape index (κ1) is 26.2. The van der Waals surface area contributed by atoms with Gasteiger partial charge in [-0.05, 0) is 43.7 Å². The van der Waals surface area contributed by atoms with Crippen molar-refractivity contribution in [3.05, 3.63) is 100 Å². The van der Waals surface area contributed by atoms with Gasteiger partial charge < -0.3 is 15.1 Å². The number of amides is 1. The lowest BCUT2D eigenvalue weighted by atomic mass is 9.95. The highest BCUT2D eigenvalue weighted by molar-refractivity contribution is 6.31. The number of hydrogen-bond donors (Lipinski definition) is 3. The molecule has 1 aliphatic rings. The Balaban J connectivity index is 1.45. The van der Waals surface area contributed by atoms with Crippen molar-refractivity contribution < 1.29 is 14.0 Å². The Bertz CT molecular complexity index is 1590. The van der Waals surface area contributed by atoms with Crippen LogP contribution in [0.4, 0.5) is 11.7 Å². The minimum Gasteiger partial charge on any atom is -0.423 e. The summed E-state index contributed by atoms with van der Waals surface area (Å²) in [6, 6.07) is 21.2. The Kier molecular flexibility index (Phi) is 7.47. The molecule has 8 nitrogen and oxygen atoms in total. The molecule has 0 saturated carbocycles. The molecule has 0 fully saturated rings. The number of rotatable bonds is 7. The van der Waals surface area contributed by atoms with Crippen molar-refractivity contribution in [1.29, 1.82) is 0 Å². The summed E-state index contributed by atoms with van der Waals surface area (Å²) in [6.07, 6.45) is 0.741. The van der Waals surface area contributed by atoms with Crippen molar-refractivity contribution in [3.63, 3.8) is 0 Å². The number of carbonyl (C=O) groups is 2. The number of guanidine groups is 1. The minimum absolute atomic E-state index is 0.0387. The summed E-state index contributed by atoms with van der Waals surface area (Å²) in [5, 5.41) is 9.66. The molecule has 2 unspecified atom stereocenters. The van der Waals surface area contributed by atoms with Gasteiger partial charge in [0.15, 0.2) is 11.4 Å². The van der Waals surface area contributed by atoms with Crippen LogP contribution in [0.2, 0.25) is 5.02 Å². The zero-order chi connectivity index (χ0) is 27.5. The number of benzene rings is 3. The van der Waals surface area contributed by atoms with E-state index >= 15 is 0 Å².